The Balaban J connectivity index is 1.47. The molecule has 0 radical (unpaired) electrons. The number of rotatable bonds is 7. The number of hydrogen-bond donors (Lipinski definition) is 3. The number of amides is 2. The predicted octanol–water partition coefficient (Wildman–Crippen LogP) is 2.18. The van der Waals surface area contributed by atoms with Crippen LogP contribution >= 0.6 is 0 Å². The average molecular weight is 404 g/mol. The largest absolute Gasteiger partial charge is 0.337 e. The number of benzene rings is 2. The summed E-state index contributed by atoms with van der Waals surface area (Å²) in [5.41, 5.74) is 2.93. The third kappa shape index (κ3) is 4.84. The lowest BCUT2D eigenvalue weighted by Crippen LogP contribution is -2.36. The van der Waals surface area contributed by atoms with E-state index in [4.69, 9.17) is 0 Å². The summed E-state index contributed by atoms with van der Waals surface area (Å²) in [6.07, 6.45) is 3.19. The summed E-state index contributed by atoms with van der Waals surface area (Å²) in [5.74, 6) is 0. The number of hydrogen-bond acceptors (Lipinski definition) is 5. The van der Waals surface area contributed by atoms with Gasteiger partial charge in [-0.15, -0.1) is 0 Å². The molecular weight excluding hydrogens is 384 g/mol. The standard InChI is InChI=1S/C18H20N4O5S/c23-18(21-15-8-7-13-3-1-4-14(13)11-15)19-9-10-20-28(26,27)17-6-2-5-16(12-17)22(24)25/h2,5-8,11-12,20H,1,3-4,9-10H2,(H2,19,21,23). The fourth-order valence-corrected chi connectivity index (χ4v) is 4.10. The summed E-state index contributed by atoms with van der Waals surface area (Å²) in [4.78, 5) is 21.8. The predicted molar refractivity (Wildman–Crippen MR) is 104 cm³/mol. The lowest BCUT2D eigenvalue weighted by atomic mass is 10.1. The molecule has 3 N–H and O–H groups in total. The first kappa shape index (κ1) is 19.8. The van der Waals surface area contributed by atoms with Gasteiger partial charge in [-0.25, -0.2) is 17.9 Å². The quantitative estimate of drug-likeness (QED) is 0.370. The molecule has 0 saturated carbocycles. The molecule has 0 spiro atoms. The maximum Gasteiger partial charge on any atom is 0.319 e. The molecule has 2 amide bonds. The molecule has 2 aromatic carbocycles. The van der Waals surface area contributed by atoms with Crippen LogP contribution in [0.5, 0.6) is 0 Å². The first-order chi connectivity index (χ1) is 13.3. The fraction of sp³-hybridized carbons (Fsp3) is 0.278. The Morgan fingerprint density at radius 1 is 1.07 bits per heavy atom. The van der Waals surface area contributed by atoms with Crippen LogP contribution in [0.1, 0.15) is 17.5 Å². The third-order valence-corrected chi connectivity index (χ3v) is 5.86. The highest BCUT2D eigenvalue weighted by Gasteiger charge is 2.17. The van der Waals surface area contributed by atoms with Crippen LogP contribution in [0.25, 0.3) is 0 Å². The van der Waals surface area contributed by atoms with E-state index in [-0.39, 0.29) is 23.7 Å². The number of nitrogens with zero attached hydrogens (tertiary/aromatic N) is 1. The van der Waals surface area contributed by atoms with Crippen molar-refractivity contribution < 1.29 is 18.1 Å². The molecule has 0 aliphatic heterocycles. The Kier molecular flexibility index (Phi) is 5.90. The fourth-order valence-electron chi connectivity index (χ4n) is 3.03. The highest BCUT2D eigenvalue weighted by Crippen LogP contribution is 2.24. The van der Waals surface area contributed by atoms with Crippen LogP contribution in [0.2, 0.25) is 0 Å². The van der Waals surface area contributed by atoms with Crippen molar-refractivity contribution in [3.63, 3.8) is 0 Å². The lowest BCUT2D eigenvalue weighted by molar-refractivity contribution is -0.385. The molecule has 10 heteroatoms. The lowest BCUT2D eigenvalue weighted by Gasteiger charge is -2.10. The Hall–Kier alpha value is -2.98. The molecule has 9 nitrogen and oxygen atoms in total. The number of aryl methyl sites for hydroxylation is 2. The van der Waals surface area contributed by atoms with E-state index in [1.165, 1.54) is 29.3 Å². The summed E-state index contributed by atoms with van der Waals surface area (Å²) in [5, 5.41) is 16.0. The molecule has 3 rings (SSSR count). The Labute approximate surface area is 162 Å². The molecule has 1 aliphatic carbocycles. The second-order valence-electron chi connectivity index (χ2n) is 6.37. The maximum atomic E-state index is 12.2. The minimum absolute atomic E-state index is 0.0529. The molecule has 28 heavy (non-hydrogen) atoms. The van der Waals surface area contributed by atoms with Gasteiger partial charge in [0, 0.05) is 30.9 Å². The van der Waals surface area contributed by atoms with Crippen molar-refractivity contribution in [2.24, 2.45) is 0 Å². The van der Waals surface area contributed by atoms with E-state index in [0.29, 0.717) is 5.69 Å². The number of fused-ring (bicyclic) bond motifs is 1. The van der Waals surface area contributed by atoms with E-state index in [0.717, 1.165) is 25.3 Å². The Bertz CT molecular complexity index is 1010. The van der Waals surface area contributed by atoms with E-state index in [1.807, 2.05) is 18.2 Å². The molecule has 0 unspecified atom stereocenters. The van der Waals surface area contributed by atoms with Gasteiger partial charge in [0.15, 0.2) is 0 Å². The number of nitrogens with one attached hydrogen (secondary N) is 3. The van der Waals surface area contributed by atoms with Crippen molar-refractivity contribution in [1.82, 2.24) is 10.0 Å². The molecular formula is C18H20N4O5S. The molecule has 2 aromatic rings. The van der Waals surface area contributed by atoms with E-state index >= 15 is 0 Å². The molecule has 148 valence electrons. The van der Waals surface area contributed by atoms with Crippen molar-refractivity contribution in [2.75, 3.05) is 18.4 Å². The van der Waals surface area contributed by atoms with Gasteiger partial charge in [-0.1, -0.05) is 12.1 Å². The molecule has 0 fully saturated rings. The number of non-ortho nitro benzene ring substituents is 1. The Morgan fingerprint density at radius 3 is 2.64 bits per heavy atom. The van der Waals surface area contributed by atoms with E-state index < -0.39 is 21.0 Å². The van der Waals surface area contributed by atoms with Crippen molar-refractivity contribution in [3.05, 3.63) is 63.7 Å². The van der Waals surface area contributed by atoms with E-state index in [1.54, 1.807) is 0 Å². The van der Waals surface area contributed by atoms with Crippen LogP contribution in [0, 0.1) is 10.1 Å². The molecule has 1 aliphatic rings. The maximum absolute atomic E-state index is 12.2. The van der Waals surface area contributed by atoms with Crippen molar-refractivity contribution in [1.29, 1.82) is 0 Å². The van der Waals surface area contributed by atoms with Gasteiger partial charge < -0.3 is 10.6 Å². The number of sulfonamides is 1. The second-order valence-corrected chi connectivity index (χ2v) is 8.14. The van der Waals surface area contributed by atoms with Gasteiger partial charge in [-0.05, 0) is 48.6 Å². The average Bonchev–Trinajstić information content (AvgIpc) is 3.13. The topological polar surface area (TPSA) is 130 Å². The minimum atomic E-state index is -3.91. The van der Waals surface area contributed by atoms with Gasteiger partial charge in [0.1, 0.15) is 0 Å². The summed E-state index contributed by atoms with van der Waals surface area (Å²) in [6, 6.07) is 10.1. The number of urea groups is 1. The molecule has 0 atom stereocenters. The highest BCUT2D eigenvalue weighted by atomic mass is 32.2. The summed E-state index contributed by atoms with van der Waals surface area (Å²) >= 11 is 0. The SMILES string of the molecule is O=C(NCCNS(=O)(=O)c1cccc([N+](=O)[O-])c1)Nc1ccc2c(c1)CCC2. The second kappa shape index (κ2) is 8.36. The molecule has 0 aromatic heterocycles. The van der Waals surface area contributed by atoms with Gasteiger partial charge in [0.2, 0.25) is 10.0 Å². The zero-order valence-electron chi connectivity index (χ0n) is 15.0. The number of carbonyl (C=O) groups is 1. The van der Waals surface area contributed by atoms with Crippen LogP contribution in [0.4, 0.5) is 16.2 Å². The van der Waals surface area contributed by atoms with Crippen molar-refractivity contribution >= 4 is 27.4 Å². The van der Waals surface area contributed by atoms with Gasteiger partial charge in [0.05, 0.1) is 9.82 Å². The van der Waals surface area contributed by atoms with Gasteiger partial charge in [-0.3, -0.25) is 10.1 Å². The zero-order chi connectivity index (χ0) is 20.1. The van der Waals surface area contributed by atoms with Gasteiger partial charge in [0.25, 0.3) is 5.69 Å². The molecule has 0 bridgehead atoms. The van der Waals surface area contributed by atoms with Gasteiger partial charge >= 0.3 is 6.03 Å². The van der Waals surface area contributed by atoms with Crippen molar-refractivity contribution in [3.8, 4) is 0 Å². The molecule has 0 saturated heterocycles. The monoisotopic (exact) mass is 404 g/mol. The number of carbonyl (C=O) groups excluding carboxylic acids is 1. The third-order valence-electron chi connectivity index (χ3n) is 4.40. The van der Waals surface area contributed by atoms with E-state index in [2.05, 4.69) is 15.4 Å². The van der Waals surface area contributed by atoms with Crippen LogP contribution in [0.15, 0.2) is 47.4 Å². The highest BCUT2D eigenvalue weighted by molar-refractivity contribution is 7.89. The number of anilines is 1. The normalized spacial score (nSPS) is 13.0. The number of nitro benzene ring substituents is 1. The first-order valence-electron chi connectivity index (χ1n) is 8.76. The zero-order valence-corrected chi connectivity index (χ0v) is 15.8. The summed E-state index contributed by atoms with van der Waals surface area (Å²) < 4.78 is 26.7. The number of nitro groups is 1. The smallest absolute Gasteiger partial charge is 0.319 e. The summed E-state index contributed by atoms with van der Waals surface area (Å²) in [7, 11) is -3.91. The van der Waals surface area contributed by atoms with Crippen LogP contribution in [-0.2, 0) is 22.9 Å². The van der Waals surface area contributed by atoms with Gasteiger partial charge in [-0.2, -0.15) is 0 Å². The van der Waals surface area contributed by atoms with Crippen LogP contribution in [0.3, 0.4) is 0 Å². The summed E-state index contributed by atoms with van der Waals surface area (Å²) in [6.45, 7) is 0.00750. The van der Waals surface area contributed by atoms with Crippen LogP contribution < -0.4 is 15.4 Å². The first-order valence-corrected chi connectivity index (χ1v) is 10.2. The van der Waals surface area contributed by atoms with Crippen molar-refractivity contribution in [2.45, 2.75) is 24.2 Å². The Morgan fingerprint density at radius 2 is 1.86 bits per heavy atom. The van der Waals surface area contributed by atoms with Crippen LogP contribution in [-0.4, -0.2) is 32.5 Å². The van der Waals surface area contributed by atoms with E-state index in [9.17, 15) is 23.3 Å². The molecule has 0 heterocycles. The minimum Gasteiger partial charge on any atom is -0.337 e.